The quantitative estimate of drug-likeness (QED) is 0.591. The van der Waals surface area contributed by atoms with Crippen LogP contribution >= 0.6 is 0 Å². The molecule has 0 saturated heterocycles. The smallest absolute Gasteiger partial charge is 0.312 e. The minimum absolute atomic E-state index is 0.0210. The van der Waals surface area contributed by atoms with E-state index in [2.05, 4.69) is 5.10 Å². The number of likely N-dealkylation sites (N-methyl/N-ethyl adjacent to an activating group) is 1. The first-order valence-corrected chi connectivity index (χ1v) is 7.89. The van der Waals surface area contributed by atoms with Crippen molar-refractivity contribution in [2.45, 2.75) is 26.9 Å². The van der Waals surface area contributed by atoms with Crippen molar-refractivity contribution in [3.05, 3.63) is 51.3 Å². The Balaban J connectivity index is 2.05. The Hall–Kier alpha value is -2.90. The summed E-state index contributed by atoms with van der Waals surface area (Å²) in [5.74, 6) is -0.155. The molecule has 8 heteroatoms. The summed E-state index contributed by atoms with van der Waals surface area (Å²) in [6.45, 7) is 3.62. The minimum Gasteiger partial charge on any atom is -0.378 e. The molecule has 1 heterocycles. The van der Waals surface area contributed by atoms with Crippen LogP contribution in [0, 0.1) is 24.0 Å². The fourth-order valence-corrected chi connectivity index (χ4v) is 2.62. The van der Waals surface area contributed by atoms with E-state index in [-0.39, 0.29) is 18.1 Å². The van der Waals surface area contributed by atoms with E-state index < -0.39 is 4.92 Å². The van der Waals surface area contributed by atoms with Crippen molar-refractivity contribution in [1.82, 2.24) is 14.7 Å². The Morgan fingerprint density at radius 1 is 1.20 bits per heavy atom. The lowest BCUT2D eigenvalue weighted by Crippen LogP contribution is -2.30. The van der Waals surface area contributed by atoms with Gasteiger partial charge in [0.2, 0.25) is 5.91 Å². The number of hydrogen-bond acceptors (Lipinski definition) is 5. The van der Waals surface area contributed by atoms with Gasteiger partial charge in [-0.15, -0.1) is 0 Å². The summed E-state index contributed by atoms with van der Waals surface area (Å²) in [4.78, 5) is 26.6. The third-order valence-electron chi connectivity index (χ3n) is 4.11. The molecule has 0 aliphatic rings. The first-order chi connectivity index (χ1) is 11.7. The van der Waals surface area contributed by atoms with Crippen LogP contribution < -0.4 is 4.90 Å². The van der Waals surface area contributed by atoms with Crippen LogP contribution in [0.1, 0.15) is 17.0 Å². The summed E-state index contributed by atoms with van der Waals surface area (Å²) in [5, 5.41) is 15.2. The van der Waals surface area contributed by atoms with Gasteiger partial charge in [-0.2, -0.15) is 5.10 Å². The molecule has 0 saturated carbocycles. The van der Waals surface area contributed by atoms with Crippen molar-refractivity contribution in [2.75, 3.05) is 26.0 Å². The molecule has 0 unspecified atom stereocenters. The Morgan fingerprint density at radius 3 is 2.28 bits per heavy atom. The minimum atomic E-state index is -0.464. The summed E-state index contributed by atoms with van der Waals surface area (Å²) >= 11 is 0. The number of aromatic nitrogens is 2. The van der Waals surface area contributed by atoms with Gasteiger partial charge in [0.25, 0.3) is 0 Å². The second-order valence-electron chi connectivity index (χ2n) is 6.24. The van der Waals surface area contributed by atoms with E-state index in [1.54, 1.807) is 25.8 Å². The van der Waals surface area contributed by atoms with Crippen molar-refractivity contribution in [1.29, 1.82) is 0 Å². The van der Waals surface area contributed by atoms with Crippen LogP contribution in [-0.4, -0.2) is 46.7 Å². The molecule has 25 heavy (non-hydrogen) atoms. The summed E-state index contributed by atoms with van der Waals surface area (Å²) in [7, 11) is 5.65. The Labute approximate surface area is 146 Å². The first-order valence-electron chi connectivity index (χ1n) is 7.89. The lowest BCUT2D eigenvalue weighted by atomic mass is 10.2. The molecule has 0 bridgehead atoms. The van der Waals surface area contributed by atoms with E-state index in [0.29, 0.717) is 17.9 Å². The topological polar surface area (TPSA) is 84.5 Å². The molecular weight excluding hydrogens is 322 g/mol. The number of anilines is 1. The molecule has 0 aliphatic carbocycles. The maximum absolute atomic E-state index is 12.4. The van der Waals surface area contributed by atoms with Gasteiger partial charge in [0.1, 0.15) is 17.9 Å². The molecule has 2 aromatic rings. The molecule has 8 nitrogen and oxygen atoms in total. The summed E-state index contributed by atoms with van der Waals surface area (Å²) in [6.07, 6.45) is 0. The van der Waals surface area contributed by atoms with Gasteiger partial charge in [0.15, 0.2) is 0 Å². The summed E-state index contributed by atoms with van der Waals surface area (Å²) < 4.78 is 1.39. The standard InChI is InChI=1S/C17H23N5O3/c1-12-17(22(24)25)13(2)21(18-12)11-16(23)20(5)10-14-6-8-15(9-7-14)19(3)4/h6-9H,10-11H2,1-5H3. The molecule has 134 valence electrons. The van der Waals surface area contributed by atoms with E-state index in [4.69, 9.17) is 0 Å². The zero-order chi connectivity index (χ0) is 18.7. The fourth-order valence-electron chi connectivity index (χ4n) is 2.62. The zero-order valence-corrected chi connectivity index (χ0v) is 15.2. The van der Waals surface area contributed by atoms with Crippen LogP contribution in [0.2, 0.25) is 0 Å². The monoisotopic (exact) mass is 345 g/mol. The Morgan fingerprint density at radius 2 is 1.80 bits per heavy atom. The van der Waals surface area contributed by atoms with Crippen molar-refractivity contribution >= 4 is 17.3 Å². The second kappa shape index (κ2) is 7.33. The van der Waals surface area contributed by atoms with E-state index >= 15 is 0 Å². The Kier molecular flexibility index (Phi) is 5.41. The van der Waals surface area contributed by atoms with Gasteiger partial charge in [-0.25, -0.2) is 0 Å². The molecule has 0 spiro atoms. The highest BCUT2D eigenvalue weighted by Gasteiger charge is 2.23. The van der Waals surface area contributed by atoms with Gasteiger partial charge in [0.05, 0.1) is 4.92 Å². The van der Waals surface area contributed by atoms with E-state index in [1.807, 2.05) is 43.3 Å². The number of aryl methyl sites for hydroxylation is 1. The Bertz CT molecular complexity index is 780. The number of carbonyl (C=O) groups excluding carboxylic acids is 1. The predicted octanol–water partition coefficient (Wildman–Crippen LogP) is 2.13. The van der Waals surface area contributed by atoms with Gasteiger partial charge in [-0.1, -0.05) is 12.1 Å². The number of benzene rings is 1. The van der Waals surface area contributed by atoms with Gasteiger partial charge in [-0.05, 0) is 31.5 Å². The van der Waals surface area contributed by atoms with Crippen LogP contribution in [0.5, 0.6) is 0 Å². The van der Waals surface area contributed by atoms with E-state index in [1.165, 1.54) is 4.68 Å². The molecule has 1 amide bonds. The molecule has 0 N–H and O–H groups in total. The normalized spacial score (nSPS) is 10.6. The largest absolute Gasteiger partial charge is 0.378 e. The molecule has 1 aromatic carbocycles. The summed E-state index contributed by atoms with van der Waals surface area (Å²) in [6, 6.07) is 7.95. The number of nitro groups is 1. The maximum Gasteiger partial charge on any atom is 0.312 e. The van der Waals surface area contributed by atoms with Crippen LogP contribution in [0.3, 0.4) is 0 Å². The highest BCUT2D eigenvalue weighted by molar-refractivity contribution is 5.75. The SMILES string of the molecule is Cc1nn(CC(=O)N(C)Cc2ccc(N(C)C)cc2)c(C)c1[N+](=O)[O-]. The molecule has 1 aromatic heterocycles. The van der Waals surface area contributed by atoms with Crippen LogP contribution in [0.4, 0.5) is 11.4 Å². The lowest BCUT2D eigenvalue weighted by Gasteiger charge is -2.18. The predicted molar refractivity (Wildman–Crippen MR) is 95.6 cm³/mol. The van der Waals surface area contributed by atoms with Crippen LogP contribution in [0.25, 0.3) is 0 Å². The number of amides is 1. The van der Waals surface area contributed by atoms with Gasteiger partial charge >= 0.3 is 5.69 Å². The maximum atomic E-state index is 12.4. The van der Waals surface area contributed by atoms with E-state index in [9.17, 15) is 14.9 Å². The second-order valence-corrected chi connectivity index (χ2v) is 6.24. The lowest BCUT2D eigenvalue weighted by molar-refractivity contribution is -0.386. The number of carbonyl (C=O) groups is 1. The summed E-state index contributed by atoms with van der Waals surface area (Å²) in [5.41, 5.74) is 2.78. The number of nitrogens with zero attached hydrogens (tertiary/aromatic N) is 5. The molecular formula is C17H23N5O3. The van der Waals surface area contributed by atoms with Gasteiger partial charge in [0, 0.05) is 33.4 Å². The van der Waals surface area contributed by atoms with Crippen LogP contribution in [0.15, 0.2) is 24.3 Å². The van der Waals surface area contributed by atoms with Crippen molar-refractivity contribution in [2.24, 2.45) is 0 Å². The zero-order valence-electron chi connectivity index (χ0n) is 15.2. The first kappa shape index (κ1) is 18.4. The molecule has 0 fully saturated rings. The molecule has 0 aliphatic heterocycles. The van der Waals surface area contributed by atoms with Crippen LogP contribution in [-0.2, 0) is 17.9 Å². The van der Waals surface area contributed by atoms with Crippen molar-refractivity contribution in [3.63, 3.8) is 0 Å². The third-order valence-corrected chi connectivity index (χ3v) is 4.11. The van der Waals surface area contributed by atoms with Gasteiger partial charge in [-0.3, -0.25) is 19.6 Å². The van der Waals surface area contributed by atoms with Crippen molar-refractivity contribution in [3.8, 4) is 0 Å². The number of hydrogen-bond donors (Lipinski definition) is 0. The van der Waals surface area contributed by atoms with E-state index in [0.717, 1.165) is 11.3 Å². The molecule has 0 radical (unpaired) electrons. The number of rotatable bonds is 6. The van der Waals surface area contributed by atoms with Crippen molar-refractivity contribution < 1.29 is 9.72 Å². The average Bonchev–Trinajstić information content (AvgIpc) is 2.81. The van der Waals surface area contributed by atoms with Gasteiger partial charge < -0.3 is 9.80 Å². The highest BCUT2D eigenvalue weighted by atomic mass is 16.6. The molecule has 0 atom stereocenters. The molecule has 2 rings (SSSR count). The average molecular weight is 345 g/mol. The third kappa shape index (κ3) is 4.14. The highest BCUT2D eigenvalue weighted by Crippen LogP contribution is 2.21. The fraction of sp³-hybridized carbons (Fsp3) is 0.412.